The highest BCUT2D eigenvalue weighted by Crippen LogP contribution is 2.32. The molecule has 1 N–H and O–H groups in total. The Morgan fingerprint density at radius 2 is 2.24 bits per heavy atom. The van der Waals surface area contributed by atoms with Gasteiger partial charge in [-0.1, -0.05) is 0 Å². The third kappa shape index (κ3) is 4.02. The van der Waals surface area contributed by atoms with Crippen molar-refractivity contribution >= 4 is 11.4 Å². The van der Waals surface area contributed by atoms with Crippen LogP contribution in [0.25, 0.3) is 0 Å². The van der Waals surface area contributed by atoms with Crippen molar-refractivity contribution in [1.29, 1.82) is 0 Å². The Kier molecular flexibility index (Phi) is 4.58. The van der Waals surface area contributed by atoms with Gasteiger partial charge in [0.15, 0.2) is 0 Å². The maximum Gasteiger partial charge on any atom is 0.433 e. The van der Waals surface area contributed by atoms with Crippen molar-refractivity contribution in [1.82, 2.24) is 4.98 Å². The van der Waals surface area contributed by atoms with Gasteiger partial charge in [-0.25, -0.2) is 4.98 Å². The minimum absolute atomic E-state index is 0.0994. The van der Waals surface area contributed by atoms with Crippen molar-refractivity contribution in [2.75, 3.05) is 31.7 Å². The number of nitrogens with zero attached hydrogens (tertiary/aromatic N) is 2. The zero-order valence-corrected chi connectivity index (χ0v) is 10.7. The first-order chi connectivity index (χ1) is 9.88. The van der Waals surface area contributed by atoms with Crippen LogP contribution in [0, 0.1) is 10.1 Å². The summed E-state index contributed by atoms with van der Waals surface area (Å²) >= 11 is 0. The number of nitrogens with one attached hydrogen (secondary N) is 1. The molecule has 1 unspecified atom stereocenters. The SMILES string of the molecule is O=[N+]([O-])c1cnc(C(F)(F)F)cc1NCC1COCCO1. The monoisotopic (exact) mass is 307 g/mol. The molecule has 2 heterocycles. The van der Waals surface area contributed by atoms with Gasteiger partial charge in [-0.15, -0.1) is 0 Å². The molecule has 1 saturated heterocycles. The van der Waals surface area contributed by atoms with Crippen LogP contribution in [-0.2, 0) is 15.7 Å². The van der Waals surface area contributed by atoms with Crippen LogP contribution >= 0.6 is 0 Å². The van der Waals surface area contributed by atoms with Gasteiger partial charge in [0.25, 0.3) is 0 Å². The number of ether oxygens (including phenoxy) is 2. The predicted octanol–water partition coefficient (Wildman–Crippen LogP) is 1.84. The summed E-state index contributed by atoms with van der Waals surface area (Å²) < 4.78 is 48.2. The van der Waals surface area contributed by atoms with Gasteiger partial charge >= 0.3 is 11.9 Å². The molecule has 0 saturated carbocycles. The van der Waals surface area contributed by atoms with Gasteiger partial charge in [0, 0.05) is 6.54 Å². The Hall–Kier alpha value is -1.94. The number of pyridine rings is 1. The first-order valence-corrected chi connectivity index (χ1v) is 6.03. The molecule has 1 aliphatic rings. The summed E-state index contributed by atoms with van der Waals surface area (Å²) in [5.41, 5.74) is -1.98. The first kappa shape index (κ1) is 15.4. The van der Waals surface area contributed by atoms with Gasteiger partial charge in [-0.2, -0.15) is 13.2 Å². The molecule has 7 nitrogen and oxygen atoms in total. The lowest BCUT2D eigenvalue weighted by molar-refractivity contribution is -0.384. The van der Waals surface area contributed by atoms with E-state index in [-0.39, 0.29) is 24.9 Å². The van der Waals surface area contributed by atoms with E-state index in [1.54, 1.807) is 0 Å². The molecule has 0 amide bonds. The fourth-order valence-electron chi connectivity index (χ4n) is 1.77. The molecule has 0 bridgehead atoms. The van der Waals surface area contributed by atoms with Crippen molar-refractivity contribution in [2.24, 2.45) is 0 Å². The quantitative estimate of drug-likeness (QED) is 0.674. The maximum absolute atomic E-state index is 12.6. The lowest BCUT2D eigenvalue weighted by Crippen LogP contribution is -2.34. The van der Waals surface area contributed by atoms with Crippen LogP contribution in [0.15, 0.2) is 12.3 Å². The third-order valence-corrected chi connectivity index (χ3v) is 2.78. The molecule has 0 aliphatic carbocycles. The van der Waals surface area contributed by atoms with E-state index in [1.807, 2.05) is 0 Å². The average Bonchev–Trinajstić information content (AvgIpc) is 2.45. The standard InChI is InChI=1S/C11H12F3N3O4/c12-11(13,14)10-3-8(9(5-16-10)17(18)19)15-4-7-6-20-1-2-21-7/h3,5,7H,1-2,4,6H2,(H,15,16). The number of hydrogen-bond acceptors (Lipinski definition) is 6. The van der Waals surface area contributed by atoms with E-state index in [0.717, 1.165) is 0 Å². The third-order valence-electron chi connectivity index (χ3n) is 2.78. The molecular formula is C11H12F3N3O4. The topological polar surface area (TPSA) is 86.5 Å². The summed E-state index contributed by atoms with van der Waals surface area (Å²) in [7, 11) is 0. The van der Waals surface area contributed by atoms with Gasteiger partial charge in [0.1, 0.15) is 17.6 Å². The zero-order valence-electron chi connectivity index (χ0n) is 10.7. The number of nitro groups is 1. The first-order valence-electron chi connectivity index (χ1n) is 6.03. The number of hydrogen-bond donors (Lipinski definition) is 1. The minimum Gasteiger partial charge on any atom is -0.377 e. The van der Waals surface area contributed by atoms with Gasteiger partial charge in [-0.3, -0.25) is 10.1 Å². The van der Waals surface area contributed by atoms with Crippen LogP contribution in [0.3, 0.4) is 0 Å². The highest BCUT2D eigenvalue weighted by Gasteiger charge is 2.34. The number of aromatic nitrogens is 1. The molecule has 21 heavy (non-hydrogen) atoms. The van der Waals surface area contributed by atoms with Crippen molar-refractivity contribution < 1.29 is 27.6 Å². The molecule has 0 aromatic carbocycles. The summed E-state index contributed by atoms with van der Waals surface area (Å²) in [4.78, 5) is 13.1. The van der Waals surface area contributed by atoms with E-state index in [9.17, 15) is 23.3 Å². The molecular weight excluding hydrogens is 295 g/mol. The van der Waals surface area contributed by atoms with Crippen LogP contribution in [0.1, 0.15) is 5.69 Å². The molecule has 1 atom stereocenters. The number of anilines is 1. The van der Waals surface area contributed by atoms with Crippen molar-refractivity contribution in [2.45, 2.75) is 12.3 Å². The minimum atomic E-state index is -4.67. The second-order valence-corrected chi connectivity index (χ2v) is 4.29. The van der Waals surface area contributed by atoms with Gasteiger partial charge in [0.2, 0.25) is 0 Å². The number of alkyl halides is 3. The van der Waals surface area contributed by atoms with Crippen LogP contribution in [0.4, 0.5) is 24.5 Å². The fourth-order valence-corrected chi connectivity index (χ4v) is 1.77. The van der Waals surface area contributed by atoms with Crippen LogP contribution in [0.2, 0.25) is 0 Å². The second kappa shape index (κ2) is 6.22. The molecule has 0 spiro atoms. The molecule has 0 radical (unpaired) electrons. The van der Waals surface area contributed by atoms with Crippen molar-refractivity contribution in [3.63, 3.8) is 0 Å². The lowest BCUT2D eigenvalue weighted by atomic mass is 10.2. The second-order valence-electron chi connectivity index (χ2n) is 4.29. The predicted molar refractivity (Wildman–Crippen MR) is 64.9 cm³/mol. The molecule has 1 aliphatic heterocycles. The Bertz CT molecular complexity index is 518. The normalized spacial score (nSPS) is 19.3. The Morgan fingerprint density at radius 1 is 1.48 bits per heavy atom. The molecule has 2 rings (SSSR count). The summed E-state index contributed by atoms with van der Waals surface area (Å²) in [6, 6.07) is 0.613. The Morgan fingerprint density at radius 3 is 2.81 bits per heavy atom. The highest BCUT2D eigenvalue weighted by molar-refractivity contribution is 5.61. The number of rotatable bonds is 4. The molecule has 1 aromatic rings. The number of halogens is 3. The van der Waals surface area contributed by atoms with Crippen molar-refractivity contribution in [3.8, 4) is 0 Å². The smallest absolute Gasteiger partial charge is 0.377 e. The lowest BCUT2D eigenvalue weighted by Gasteiger charge is -2.23. The Labute approximate surface area is 117 Å². The molecule has 1 aromatic heterocycles. The summed E-state index contributed by atoms with van der Waals surface area (Å²) in [6.45, 7) is 1.20. The van der Waals surface area contributed by atoms with Gasteiger partial charge < -0.3 is 14.8 Å². The van der Waals surface area contributed by atoms with Crippen LogP contribution in [0.5, 0.6) is 0 Å². The summed E-state index contributed by atoms with van der Waals surface area (Å²) in [6.07, 6.45) is -4.46. The van der Waals surface area contributed by atoms with E-state index >= 15 is 0 Å². The summed E-state index contributed by atoms with van der Waals surface area (Å²) in [5.74, 6) is 0. The largest absolute Gasteiger partial charge is 0.433 e. The molecule has 10 heteroatoms. The maximum atomic E-state index is 12.6. The van der Waals surface area contributed by atoms with Crippen LogP contribution < -0.4 is 5.32 Å². The van der Waals surface area contributed by atoms with Gasteiger partial charge in [-0.05, 0) is 6.07 Å². The van der Waals surface area contributed by atoms with E-state index in [0.29, 0.717) is 25.5 Å². The zero-order chi connectivity index (χ0) is 15.5. The highest BCUT2D eigenvalue weighted by atomic mass is 19.4. The van der Waals surface area contributed by atoms with Gasteiger partial charge in [0.05, 0.1) is 30.8 Å². The van der Waals surface area contributed by atoms with Crippen LogP contribution in [-0.4, -0.2) is 42.4 Å². The van der Waals surface area contributed by atoms with E-state index in [4.69, 9.17) is 9.47 Å². The molecule has 1 fully saturated rings. The average molecular weight is 307 g/mol. The van der Waals surface area contributed by atoms with E-state index in [1.165, 1.54) is 0 Å². The Balaban J connectivity index is 2.16. The summed E-state index contributed by atoms with van der Waals surface area (Å²) in [5, 5.41) is 13.4. The molecule has 116 valence electrons. The van der Waals surface area contributed by atoms with E-state index in [2.05, 4.69) is 10.3 Å². The fraction of sp³-hybridized carbons (Fsp3) is 0.545. The van der Waals surface area contributed by atoms with Crippen molar-refractivity contribution in [3.05, 3.63) is 28.1 Å². The van der Waals surface area contributed by atoms with E-state index < -0.39 is 22.5 Å².